The van der Waals surface area contributed by atoms with Crippen LogP contribution in [0.15, 0.2) is 67.6 Å². The molecule has 6 amide bonds. The lowest BCUT2D eigenvalue weighted by atomic mass is 9.77. The Kier molecular flexibility index (Phi) is 31.5. The molecule has 12 fully saturated rings. The van der Waals surface area contributed by atoms with Crippen LogP contribution in [0.5, 0.6) is 0 Å². The van der Waals surface area contributed by atoms with Crippen LogP contribution in [0, 0.1) is 112 Å². The summed E-state index contributed by atoms with van der Waals surface area (Å²) in [6.45, 7) is 49.4. The fourth-order valence-electron chi connectivity index (χ4n) is 26.1. The van der Waals surface area contributed by atoms with E-state index in [1.165, 1.54) is 29.4 Å². The van der Waals surface area contributed by atoms with Crippen LogP contribution in [0.4, 0.5) is 0 Å². The number of carbonyl (C=O) groups excluding carboxylic acids is 6. The van der Waals surface area contributed by atoms with Gasteiger partial charge in [0.2, 0.25) is 35.4 Å². The summed E-state index contributed by atoms with van der Waals surface area (Å²) in [5.41, 5.74) is 6.53. The van der Waals surface area contributed by atoms with Gasteiger partial charge in [-0.05, 0) is 202 Å². The number of amides is 6. The largest absolute Gasteiger partial charge is 0.477 e. The maximum absolute atomic E-state index is 12.3. The van der Waals surface area contributed by atoms with Crippen molar-refractivity contribution in [3.05, 3.63) is 67.6 Å². The lowest BCUT2D eigenvalue weighted by Gasteiger charge is -2.46. The van der Waals surface area contributed by atoms with Gasteiger partial charge in [0.15, 0.2) is 0 Å². The number of carboxylic acids is 6. The molecule has 135 heavy (non-hydrogen) atoms. The Bertz CT molecular complexity index is 4320. The van der Waals surface area contributed by atoms with Gasteiger partial charge in [-0.2, -0.15) is 0 Å². The molecule has 0 aromatic rings. The molecule has 18 aliphatic rings. The van der Waals surface area contributed by atoms with Crippen LogP contribution >= 0.6 is 0 Å². The Hall–Kier alpha value is -8.73. The molecule has 37 heteroatoms. The quantitative estimate of drug-likeness (QED) is 0.0435. The number of hydrogen-bond acceptors (Lipinski definition) is 25. The number of nitrogens with one attached hydrogen (secondary N) is 1. The molecule has 30 atom stereocenters. The summed E-state index contributed by atoms with van der Waals surface area (Å²) in [4.78, 5) is 166. The summed E-state index contributed by atoms with van der Waals surface area (Å²) in [5.74, 6) is -7.17. The number of hydrogen-bond donors (Lipinski definition) is 13. The average molecular weight is 1890 g/mol. The van der Waals surface area contributed by atoms with Crippen LogP contribution in [-0.2, 0) is 57.5 Å². The zero-order valence-corrected chi connectivity index (χ0v) is 81.6. The highest BCUT2D eigenvalue weighted by Crippen LogP contribution is 2.54. The van der Waals surface area contributed by atoms with Gasteiger partial charge in [-0.15, -0.1) is 0 Å². The van der Waals surface area contributed by atoms with E-state index in [0.717, 1.165) is 157 Å². The fraction of sp³-hybridized carbons (Fsp3) is 0.745. The predicted octanol–water partition coefficient (Wildman–Crippen LogP) is 3.56. The van der Waals surface area contributed by atoms with Gasteiger partial charge in [0.05, 0.1) is 108 Å². The standard InChI is InChI=1S/C18H27N3O4.5C16H24N2O4/c1-9(19)6-12-4-5-20(7-12)8-13-10(2)15-14(11(3)22)17(23)21(15)16(13)18(24)25;5*1-8-4-5-17(6-8)7-11-9(2)13-12(10(3)19)15(20)18(13)14(11)16(21)22/h10-12,14-15,19,22H,4-8H2,1-3H3,(H,24,25);5*8-10,12-13,19H,4-7H2,1-3H3,(H,21,22)/t10-,11+,12+,14?,15?;8-,9+,10-,12?,13?;4*8-,9-,10+,12?,13?/m010000/s1. The van der Waals surface area contributed by atoms with E-state index < -0.39 is 108 Å². The monoisotopic (exact) mass is 1890 g/mol. The highest BCUT2D eigenvalue weighted by molar-refractivity contribution is 6.04. The van der Waals surface area contributed by atoms with E-state index in [1.807, 2.05) is 48.5 Å². The zero-order valence-electron chi connectivity index (χ0n) is 81.6. The van der Waals surface area contributed by atoms with Gasteiger partial charge in [0, 0.05) is 120 Å². The smallest absolute Gasteiger partial charge is 0.352 e. The zero-order chi connectivity index (χ0) is 99.4. The van der Waals surface area contributed by atoms with Gasteiger partial charge in [-0.25, -0.2) is 28.8 Å². The highest BCUT2D eigenvalue weighted by atomic mass is 16.4. The van der Waals surface area contributed by atoms with Crippen LogP contribution in [0.25, 0.3) is 0 Å². The van der Waals surface area contributed by atoms with Crippen molar-refractivity contribution in [1.29, 1.82) is 5.41 Å². The number of aliphatic carboxylic acids is 6. The predicted molar refractivity (Wildman–Crippen MR) is 491 cm³/mol. The Morgan fingerprint density at radius 3 is 0.548 bits per heavy atom. The third kappa shape index (κ3) is 19.4. The number of carbonyl (C=O) groups is 12. The van der Waals surface area contributed by atoms with Gasteiger partial charge in [0.25, 0.3) is 0 Å². The first-order chi connectivity index (χ1) is 63.3. The normalized spacial score (nSPS) is 36.0. The molecule has 0 aliphatic carbocycles. The van der Waals surface area contributed by atoms with E-state index in [9.17, 15) is 119 Å². The first-order valence-corrected chi connectivity index (χ1v) is 49.1. The minimum atomic E-state index is -1.06. The lowest BCUT2D eigenvalue weighted by Crippen LogP contribution is -2.63. The molecule has 18 rings (SSSR count). The van der Waals surface area contributed by atoms with Crippen LogP contribution in [-0.4, -0.2) is 388 Å². The molecule has 0 radical (unpaired) electrons. The SMILES string of the molecule is CC(=N)C[C@H]1CCN(CC2=C(C(=O)O)N3C(=O)C([C@@H](C)O)C3[C@H]2C)C1.C[C@@H]1CCN(CC2=C(C(=O)O)N3C(=O)C([C@@H](C)O)C3[C@H]2C)C1.C[C@H]1CCN(CC2=C(C(=O)O)N3C(=O)C([C@@H](C)O)C3[C@H]2C)C1.C[C@H]1CCN(CC2=C(C(=O)O)N3C(=O)C([C@@H](C)O)C3[C@H]2C)C1.C[C@H]1CCN(CC2=C(C(=O)O)N3C(=O)C([C@@H](C)O)C3[C@H]2C)C1.C[C@H]1CCN(CC2=C(C(=O)O)N3C(=O)C([C@@H](C)O)C3[C@H]2C)C1. The van der Waals surface area contributed by atoms with Crippen molar-refractivity contribution in [3.63, 3.8) is 0 Å². The maximum Gasteiger partial charge on any atom is 0.352 e. The maximum atomic E-state index is 12.3. The topological polar surface area (TPSA) is 510 Å². The third-order valence-corrected chi connectivity index (χ3v) is 33.0. The highest BCUT2D eigenvalue weighted by Gasteiger charge is 2.66. The molecule has 0 aromatic heterocycles. The van der Waals surface area contributed by atoms with Crippen LogP contribution < -0.4 is 0 Å². The summed E-state index contributed by atoms with van der Waals surface area (Å²) < 4.78 is 0. The summed E-state index contributed by atoms with van der Waals surface area (Å²) in [5, 5.41) is 124. The number of aliphatic hydroxyl groups is 6. The number of fused-ring (bicyclic) bond motifs is 6. The van der Waals surface area contributed by atoms with Crippen LogP contribution in [0.3, 0.4) is 0 Å². The molecule has 0 aromatic carbocycles. The third-order valence-electron chi connectivity index (χ3n) is 33.0. The molecular weight excluding hydrogens is 1740 g/mol. The van der Waals surface area contributed by atoms with E-state index in [4.69, 9.17) is 5.41 Å². The Labute approximate surface area is 790 Å². The second-order valence-electron chi connectivity index (χ2n) is 43.1. The number of aliphatic hydroxyl groups excluding tert-OH is 6. The van der Waals surface area contributed by atoms with Gasteiger partial charge in [-0.3, -0.25) is 58.2 Å². The van der Waals surface area contributed by atoms with Gasteiger partial charge >= 0.3 is 35.8 Å². The molecule has 0 saturated carbocycles. The Morgan fingerprint density at radius 2 is 0.422 bits per heavy atom. The molecule has 13 N–H and O–H groups in total. The summed E-state index contributed by atoms with van der Waals surface area (Å²) in [6.07, 6.45) is 3.00. The molecule has 18 aliphatic heterocycles. The minimum Gasteiger partial charge on any atom is -0.477 e. The molecule has 12 unspecified atom stereocenters. The Morgan fingerprint density at radius 1 is 0.274 bits per heavy atom. The summed E-state index contributed by atoms with van der Waals surface area (Å²) in [6, 6.07) is -1.24. The first kappa shape index (κ1) is 104. The van der Waals surface area contributed by atoms with Crippen LogP contribution in [0.1, 0.15) is 170 Å². The molecule has 18 heterocycles. The van der Waals surface area contributed by atoms with Crippen molar-refractivity contribution < 1.29 is 119 Å². The van der Waals surface area contributed by atoms with Gasteiger partial charge in [0.1, 0.15) is 34.2 Å². The lowest BCUT2D eigenvalue weighted by molar-refractivity contribution is -0.163. The van der Waals surface area contributed by atoms with Crippen molar-refractivity contribution in [3.8, 4) is 0 Å². The van der Waals surface area contributed by atoms with Gasteiger partial charge < -0.3 is 96.1 Å². The number of nitrogens with zero attached hydrogens (tertiary/aromatic N) is 12. The average Bonchev–Trinajstić information content (AvgIpc) is 1.59. The van der Waals surface area contributed by atoms with Crippen LogP contribution in [0.2, 0.25) is 0 Å². The number of rotatable bonds is 26. The van der Waals surface area contributed by atoms with Crippen molar-refractivity contribution in [2.24, 2.45) is 107 Å². The molecule has 37 nitrogen and oxygen atoms in total. The molecule has 0 spiro atoms. The number of β-lactam (4-membered cyclic amide) rings is 6. The molecule has 0 bridgehead atoms. The summed E-state index contributed by atoms with van der Waals surface area (Å²) in [7, 11) is 0. The van der Waals surface area contributed by atoms with Gasteiger partial charge in [-0.1, -0.05) is 76.2 Å². The van der Waals surface area contributed by atoms with Crippen molar-refractivity contribution in [1.82, 2.24) is 58.8 Å². The Balaban J connectivity index is 0.000000137. The minimum absolute atomic E-state index is 0.0145. The molecule has 12 saturated heterocycles. The fourth-order valence-corrected chi connectivity index (χ4v) is 26.1. The first-order valence-electron chi connectivity index (χ1n) is 49.1. The number of likely N-dealkylation sites (tertiary alicyclic amines) is 6. The van der Waals surface area contributed by atoms with E-state index in [0.29, 0.717) is 80.5 Å². The van der Waals surface area contributed by atoms with Crippen molar-refractivity contribution >= 4 is 77.0 Å². The van der Waals surface area contributed by atoms with E-state index >= 15 is 0 Å². The second kappa shape index (κ2) is 41.0. The van der Waals surface area contributed by atoms with E-state index in [-0.39, 0.29) is 141 Å². The summed E-state index contributed by atoms with van der Waals surface area (Å²) >= 11 is 0. The molecule has 748 valence electrons. The van der Waals surface area contributed by atoms with Crippen molar-refractivity contribution in [2.75, 3.05) is 118 Å². The van der Waals surface area contributed by atoms with E-state index in [2.05, 4.69) is 64.0 Å². The van der Waals surface area contributed by atoms with Crippen molar-refractivity contribution in [2.45, 2.75) is 242 Å². The number of carboxylic acid groups (broad SMARTS) is 6. The molecular formula is C98H147N13O24. The van der Waals surface area contributed by atoms with E-state index in [1.54, 1.807) is 41.5 Å². The second-order valence-corrected chi connectivity index (χ2v) is 43.1.